The highest BCUT2D eigenvalue weighted by Gasteiger charge is 2.28. The number of piperazine rings is 1. The lowest BCUT2D eigenvalue weighted by Crippen LogP contribution is -2.49. The van der Waals surface area contributed by atoms with Gasteiger partial charge in [0.25, 0.3) is 11.8 Å². The summed E-state index contributed by atoms with van der Waals surface area (Å²) in [5, 5.41) is 2.78. The Hall–Kier alpha value is -3.21. The molecule has 0 atom stereocenters. The molecule has 2 amide bonds. The van der Waals surface area contributed by atoms with E-state index in [1.807, 2.05) is 11.8 Å². The van der Waals surface area contributed by atoms with Gasteiger partial charge in [-0.2, -0.15) is 0 Å². The van der Waals surface area contributed by atoms with Crippen LogP contribution in [0.1, 0.15) is 34.1 Å². The van der Waals surface area contributed by atoms with Crippen LogP contribution in [0.4, 0.5) is 23.4 Å². The van der Waals surface area contributed by atoms with Gasteiger partial charge in [0.2, 0.25) is 0 Å². The number of carbonyl (C=O) groups excluding carboxylic acids is 2. The van der Waals surface area contributed by atoms with Crippen molar-refractivity contribution in [3.8, 4) is 0 Å². The molecule has 11 heteroatoms. The van der Waals surface area contributed by atoms with Crippen molar-refractivity contribution in [3.05, 3.63) is 58.8 Å². The lowest BCUT2D eigenvalue weighted by atomic mass is 10.1. The van der Waals surface area contributed by atoms with Gasteiger partial charge in [-0.25, -0.2) is 22.5 Å². The second-order valence-corrected chi connectivity index (χ2v) is 7.34. The van der Waals surface area contributed by atoms with Crippen LogP contribution in [0, 0.1) is 23.3 Å². The van der Waals surface area contributed by atoms with Gasteiger partial charge in [-0.15, -0.1) is 0 Å². The topological polar surface area (TPSA) is 74.8 Å². The van der Waals surface area contributed by atoms with Crippen LogP contribution in [0.5, 0.6) is 0 Å². The number of anilines is 1. The molecule has 2 aromatic rings. The van der Waals surface area contributed by atoms with Gasteiger partial charge in [0.05, 0.1) is 11.1 Å². The molecule has 0 aliphatic carbocycles. The van der Waals surface area contributed by atoms with Crippen molar-refractivity contribution in [3.63, 3.8) is 0 Å². The number of hydrogen-bond donors (Lipinski definition) is 1. The monoisotopic (exact) mass is 468 g/mol. The van der Waals surface area contributed by atoms with Crippen molar-refractivity contribution < 1.29 is 31.9 Å². The molecule has 7 nitrogen and oxygen atoms in total. The van der Waals surface area contributed by atoms with Crippen LogP contribution in [0.3, 0.4) is 0 Å². The summed E-state index contributed by atoms with van der Waals surface area (Å²) in [6, 6.07) is 3.68. The Morgan fingerprint density at radius 2 is 1.79 bits per heavy atom. The Morgan fingerprint density at radius 3 is 2.42 bits per heavy atom. The summed E-state index contributed by atoms with van der Waals surface area (Å²) in [5.74, 6) is -7.90. The fourth-order valence-electron chi connectivity index (χ4n) is 3.37. The Labute approximate surface area is 188 Å². The van der Waals surface area contributed by atoms with Crippen molar-refractivity contribution >= 4 is 17.6 Å². The molecule has 0 bridgehead atoms. The maximum Gasteiger partial charge on any atom is 0.257 e. The molecule has 0 saturated carbocycles. The highest BCUT2D eigenvalue weighted by Crippen LogP contribution is 2.21. The Balaban J connectivity index is 1.55. The smallest absolute Gasteiger partial charge is 0.257 e. The van der Waals surface area contributed by atoms with Gasteiger partial charge < -0.3 is 19.9 Å². The van der Waals surface area contributed by atoms with Crippen molar-refractivity contribution in [1.82, 2.24) is 15.2 Å². The van der Waals surface area contributed by atoms with Gasteiger partial charge in [0.15, 0.2) is 23.3 Å². The molecule has 1 aromatic carbocycles. The minimum Gasteiger partial charge on any atom is -0.382 e. The van der Waals surface area contributed by atoms with Crippen molar-refractivity contribution in [1.29, 1.82) is 0 Å². The summed E-state index contributed by atoms with van der Waals surface area (Å²) in [6.45, 7) is 4.52. The molecule has 2 heterocycles. The summed E-state index contributed by atoms with van der Waals surface area (Å²) in [6.07, 6.45) is 2.15. The maximum absolute atomic E-state index is 13.9. The van der Waals surface area contributed by atoms with E-state index in [0.717, 1.165) is 0 Å². The average molecular weight is 468 g/mol. The van der Waals surface area contributed by atoms with Crippen LogP contribution in [0.15, 0.2) is 24.4 Å². The number of halogens is 4. The van der Waals surface area contributed by atoms with Gasteiger partial charge in [0.1, 0.15) is 5.82 Å². The van der Waals surface area contributed by atoms with Crippen LogP contribution in [0.2, 0.25) is 0 Å². The number of benzene rings is 1. The van der Waals surface area contributed by atoms with Crippen LogP contribution in [-0.4, -0.2) is 67.6 Å². The first-order valence-corrected chi connectivity index (χ1v) is 10.5. The van der Waals surface area contributed by atoms with Gasteiger partial charge >= 0.3 is 0 Å². The summed E-state index contributed by atoms with van der Waals surface area (Å²) < 4.78 is 59.2. The molecule has 1 aromatic heterocycles. The van der Waals surface area contributed by atoms with Crippen molar-refractivity contribution in [2.45, 2.75) is 13.3 Å². The number of aromatic nitrogens is 1. The Kier molecular flexibility index (Phi) is 8.21. The first-order valence-electron chi connectivity index (χ1n) is 10.5. The standard InChI is InChI=1S/C22H24F4N4O3/c1-2-33-11-3-6-27-21(31)14-4-5-17(28-13-14)29-7-9-30(10-8-29)22(32)15-12-16(23)19(25)20(26)18(15)24/h4-5,12-13H,2-3,6-11H2,1H3,(H,27,31). The molecule has 1 N–H and O–H groups in total. The molecule has 1 fully saturated rings. The number of ether oxygens (including phenoxy) is 1. The van der Waals surface area contributed by atoms with Gasteiger partial charge in [-0.3, -0.25) is 9.59 Å². The van der Waals surface area contributed by atoms with Crippen LogP contribution < -0.4 is 10.2 Å². The fourth-order valence-corrected chi connectivity index (χ4v) is 3.37. The van der Waals surface area contributed by atoms with E-state index in [1.165, 1.54) is 11.1 Å². The van der Waals surface area contributed by atoms with E-state index in [9.17, 15) is 27.2 Å². The predicted octanol–water partition coefficient (Wildman–Crippen LogP) is 2.76. The van der Waals surface area contributed by atoms with E-state index in [0.29, 0.717) is 56.7 Å². The number of pyridine rings is 1. The Morgan fingerprint density at radius 1 is 1.06 bits per heavy atom. The lowest BCUT2D eigenvalue weighted by Gasteiger charge is -2.35. The number of rotatable bonds is 8. The number of hydrogen-bond acceptors (Lipinski definition) is 5. The SMILES string of the molecule is CCOCCCNC(=O)c1ccc(N2CCN(C(=O)c3cc(F)c(F)c(F)c3F)CC2)nc1. The number of nitrogens with one attached hydrogen (secondary N) is 1. The first-order chi connectivity index (χ1) is 15.8. The van der Waals surface area contributed by atoms with E-state index >= 15 is 0 Å². The first kappa shape index (κ1) is 24.4. The van der Waals surface area contributed by atoms with E-state index in [-0.39, 0.29) is 19.0 Å². The Bertz CT molecular complexity index is 996. The summed E-state index contributed by atoms with van der Waals surface area (Å²) in [5.41, 5.74) is -0.450. The lowest BCUT2D eigenvalue weighted by molar-refractivity contribution is 0.0739. The number of amides is 2. The average Bonchev–Trinajstić information content (AvgIpc) is 2.84. The molecule has 1 aliphatic heterocycles. The van der Waals surface area contributed by atoms with Crippen molar-refractivity contribution in [2.75, 3.05) is 50.8 Å². The van der Waals surface area contributed by atoms with Crippen LogP contribution in [0.25, 0.3) is 0 Å². The predicted molar refractivity (Wildman–Crippen MR) is 112 cm³/mol. The van der Waals surface area contributed by atoms with E-state index in [1.54, 1.807) is 12.1 Å². The number of carbonyl (C=O) groups is 2. The van der Waals surface area contributed by atoms with Crippen LogP contribution >= 0.6 is 0 Å². The normalized spacial score (nSPS) is 13.8. The molecule has 0 radical (unpaired) electrons. The van der Waals surface area contributed by atoms with Gasteiger partial charge in [-0.05, 0) is 31.5 Å². The second kappa shape index (κ2) is 11.1. The molecule has 1 aliphatic rings. The minimum absolute atomic E-state index is 0.142. The second-order valence-electron chi connectivity index (χ2n) is 7.34. The fraction of sp³-hybridized carbons (Fsp3) is 0.409. The summed E-state index contributed by atoms with van der Waals surface area (Å²) in [4.78, 5) is 32.0. The minimum atomic E-state index is -2.01. The quantitative estimate of drug-likeness (QED) is 0.279. The number of nitrogens with zero attached hydrogens (tertiary/aromatic N) is 3. The van der Waals surface area contributed by atoms with Gasteiger partial charge in [0, 0.05) is 52.1 Å². The zero-order valence-corrected chi connectivity index (χ0v) is 18.0. The van der Waals surface area contributed by atoms with Gasteiger partial charge in [-0.1, -0.05) is 0 Å². The molecular formula is C22H24F4N4O3. The molecule has 1 saturated heterocycles. The molecular weight excluding hydrogens is 444 g/mol. The summed E-state index contributed by atoms with van der Waals surface area (Å²) in [7, 11) is 0. The molecule has 3 rings (SSSR count). The highest BCUT2D eigenvalue weighted by atomic mass is 19.2. The highest BCUT2D eigenvalue weighted by molar-refractivity contribution is 5.95. The van der Waals surface area contributed by atoms with Crippen LogP contribution in [-0.2, 0) is 4.74 Å². The largest absolute Gasteiger partial charge is 0.382 e. The third-order valence-electron chi connectivity index (χ3n) is 5.19. The van der Waals surface area contributed by atoms with E-state index in [2.05, 4.69) is 10.3 Å². The van der Waals surface area contributed by atoms with Crippen molar-refractivity contribution in [2.24, 2.45) is 0 Å². The molecule has 178 valence electrons. The summed E-state index contributed by atoms with van der Waals surface area (Å²) >= 11 is 0. The zero-order valence-electron chi connectivity index (χ0n) is 18.0. The molecule has 0 unspecified atom stereocenters. The zero-order chi connectivity index (χ0) is 24.0. The molecule has 0 spiro atoms. The third kappa shape index (κ3) is 5.78. The van der Waals surface area contributed by atoms with E-state index < -0.39 is 34.7 Å². The van der Waals surface area contributed by atoms with E-state index in [4.69, 9.17) is 4.74 Å². The maximum atomic E-state index is 13.9. The molecule has 33 heavy (non-hydrogen) atoms. The third-order valence-corrected chi connectivity index (χ3v) is 5.19.